The van der Waals surface area contributed by atoms with Gasteiger partial charge >= 0.3 is 11.9 Å². The summed E-state index contributed by atoms with van der Waals surface area (Å²) >= 11 is 6.26. The maximum atomic E-state index is 13.1. The molecule has 0 aliphatic carbocycles. The number of nitrogens with one attached hydrogen (secondary N) is 1. The molecule has 2 aromatic carbocycles. The molecule has 31 heavy (non-hydrogen) atoms. The number of carboxylic acids is 2. The van der Waals surface area contributed by atoms with E-state index in [0.29, 0.717) is 17.2 Å². The van der Waals surface area contributed by atoms with Gasteiger partial charge in [0.2, 0.25) is 0 Å². The van der Waals surface area contributed by atoms with Crippen LogP contribution in [0.25, 0.3) is 0 Å². The molecule has 3 N–H and O–H groups in total. The van der Waals surface area contributed by atoms with E-state index in [4.69, 9.17) is 21.8 Å². The summed E-state index contributed by atoms with van der Waals surface area (Å²) in [6, 6.07) is 14.1. The van der Waals surface area contributed by atoms with Crippen LogP contribution in [0.2, 0.25) is 5.02 Å². The fraction of sp³-hybridized carbons (Fsp3) is 0.273. The molecular formula is C22H23ClN2O5S. The SMILES string of the molecule is O=C(O)/C=C/C(=O)O.O=S1c2ccccc2CC(N2CCNCC2)c2cc(Cl)ccc21. The molecule has 2 aromatic rings. The fourth-order valence-corrected chi connectivity index (χ4v) is 5.31. The van der Waals surface area contributed by atoms with E-state index < -0.39 is 22.7 Å². The summed E-state index contributed by atoms with van der Waals surface area (Å²) in [7, 11) is -1.14. The first-order valence-electron chi connectivity index (χ1n) is 9.74. The molecule has 2 atom stereocenters. The summed E-state index contributed by atoms with van der Waals surface area (Å²) < 4.78 is 13.1. The zero-order valence-electron chi connectivity index (χ0n) is 16.7. The van der Waals surface area contributed by atoms with E-state index in [2.05, 4.69) is 16.3 Å². The lowest BCUT2D eigenvalue weighted by Gasteiger charge is -2.35. The molecule has 4 rings (SSSR count). The van der Waals surface area contributed by atoms with Gasteiger partial charge in [-0.25, -0.2) is 13.8 Å². The Labute approximate surface area is 187 Å². The van der Waals surface area contributed by atoms with E-state index in [-0.39, 0.29) is 6.04 Å². The van der Waals surface area contributed by atoms with Crippen molar-refractivity contribution in [3.8, 4) is 0 Å². The van der Waals surface area contributed by atoms with Crippen molar-refractivity contribution in [2.75, 3.05) is 26.2 Å². The summed E-state index contributed by atoms with van der Waals surface area (Å²) in [6.07, 6.45) is 2.00. The van der Waals surface area contributed by atoms with Gasteiger partial charge in [0.25, 0.3) is 0 Å². The van der Waals surface area contributed by atoms with E-state index in [1.807, 2.05) is 36.4 Å². The number of benzene rings is 2. The molecule has 0 spiro atoms. The Hall–Kier alpha value is -2.52. The second kappa shape index (κ2) is 10.7. The number of hydrogen-bond acceptors (Lipinski definition) is 5. The maximum absolute atomic E-state index is 13.1. The third-order valence-corrected chi connectivity index (χ3v) is 6.88. The summed E-state index contributed by atoms with van der Waals surface area (Å²) in [6.45, 7) is 4.01. The minimum Gasteiger partial charge on any atom is -0.478 e. The molecule has 2 aliphatic rings. The van der Waals surface area contributed by atoms with Crippen LogP contribution in [-0.2, 0) is 26.8 Å². The van der Waals surface area contributed by atoms with E-state index in [1.165, 1.54) is 5.56 Å². The van der Waals surface area contributed by atoms with Crippen molar-refractivity contribution in [3.05, 3.63) is 70.8 Å². The molecule has 0 bridgehead atoms. The van der Waals surface area contributed by atoms with Gasteiger partial charge in [0.15, 0.2) is 0 Å². The Morgan fingerprint density at radius 3 is 2.32 bits per heavy atom. The second-order valence-electron chi connectivity index (χ2n) is 7.07. The summed E-state index contributed by atoms with van der Waals surface area (Å²) in [5.41, 5.74) is 2.30. The number of fused-ring (bicyclic) bond motifs is 2. The van der Waals surface area contributed by atoms with Gasteiger partial charge < -0.3 is 15.5 Å². The second-order valence-corrected chi connectivity index (χ2v) is 8.93. The Morgan fingerprint density at radius 1 is 1.03 bits per heavy atom. The van der Waals surface area contributed by atoms with Crippen LogP contribution in [-0.4, -0.2) is 57.4 Å². The van der Waals surface area contributed by atoms with Gasteiger partial charge in [-0.3, -0.25) is 4.90 Å². The average Bonchev–Trinajstić information content (AvgIpc) is 2.88. The monoisotopic (exact) mass is 462 g/mol. The molecule has 2 aliphatic heterocycles. The maximum Gasteiger partial charge on any atom is 0.328 e. The van der Waals surface area contributed by atoms with Gasteiger partial charge in [0, 0.05) is 59.2 Å². The molecular weight excluding hydrogens is 440 g/mol. The Morgan fingerprint density at radius 2 is 1.68 bits per heavy atom. The predicted molar refractivity (Wildman–Crippen MR) is 118 cm³/mol. The van der Waals surface area contributed by atoms with Crippen molar-refractivity contribution in [2.45, 2.75) is 22.3 Å². The summed E-state index contributed by atoms with van der Waals surface area (Å²) in [4.78, 5) is 23.4. The third kappa shape index (κ3) is 6.01. The topological polar surface area (TPSA) is 107 Å². The number of carbonyl (C=O) groups is 2. The highest BCUT2D eigenvalue weighted by atomic mass is 35.5. The molecule has 1 saturated heterocycles. The molecule has 2 heterocycles. The van der Waals surface area contributed by atoms with Gasteiger partial charge in [0.05, 0.1) is 10.8 Å². The van der Waals surface area contributed by atoms with E-state index >= 15 is 0 Å². The lowest BCUT2D eigenvalue weighted by molar-refractivity contribution is -0.134. The van der Waals surface area contributed by atoms with Gasteiger partial charge in [-0.05, 0) is 41.8 Å². The number of piperazine rings is 1. The number of halogens is 1. The fourth-order valence-electron chi connectivity index (χ4n) is 3.70. The van der Waals surface area contributed by atoms with Crippen LogP contribution < -0.4 is 5.32 Å². The predicted octanol–water partition coefficient (Wildman–Crippen LogP) is 2.72. The van der Waals surface area contributed by atoms with Gasteiger partial charge in [0.1, 0.15) is 0 Å². The third-order valence-electron chi connectivity index (χ3n) is 5.08. The molecule has 9 heteroatoms. The van der Waals surface area contributed by atoms with E-state index in [1.54, 1.807) is 0 Å². The van der Waals surface area contributed by atoms with E-state index in [9.17, 15) is 13.8 Å². The zero-order chi connectivity index (χ0) is 22.4. The summed E-state index contributed by atoms with van der Waals surface area (Å²) in [5.74, 6) is -2.51. The minimum absolute atomic E-state index is 0.235. The van der Waals surface area contributed by atoms with Gasteiger partial charge in [-0.2, -0.15) is 0 Å². The molecule has 0 saturated carbocycles. The highest BCUT2D eigenvalue weighted by Crippen LogP contribution is 2.38. The standard InChI is InChI=1S/C18H19ClN2OS.C4H4O4/c19-14-5-6-18-15(12-14)16(21-9-7-20-8-10-21)11-13-3-1-2-4-17(13)23(18)22;5-3(6)1-2-4(7)8/h1-6,12,16,20H,7-11H2;1-2H,(H,5,6)(H,7,8)/b;2-1+. The highest BCUT2D eigenvalue weighted by molar-refractivity contribution is 7.85. The smallest absolute Gasteiger partial charge is 0.328 e. The highest BCUT2D eigenvalue weighted by Gasteiger charge is 2.31. The molecule has 0 amide bonds. The first kappa shape index (κ1) is 23.1. The molecule has 0 aromatic heterocycles. The van der Waals surface area contributed by atoms with Gasteiger partial charge in [-0.15, -0.1) is 0 Å². The van der Waals surface area contributed by atoms with Crippen LogP contribution >= 0.6 is 11.6 Å². The Balaban J connectivity index is 0.000000293. The number of hydrogen-bond donors (Lipinski definition) is 3. The minimum atomic E-state index is -1.26. The summed E-state index contributed by atoms with van der Waals surface area (Å²) in [5, 5.41) is 19.7. The van der Waals surface area contributed by atoms with Crippen molar-refractivity contribution in [1.82, 2.24) is 10.2 Å². The molecule has 0 radical (unpaired) electrons. The number of aliphatic carboxylic acids is 2. The van der Waals surface area contributed by atoms with Crippen LogP contribution in [0.5, 0.6) is 0 Å². The van der Waals surface area contributed by atoms with Gasteiger partial charge in [-0.1, -0.05) is 29.8 Å². The van der Waals surface area contributed by atoms with Crippen molar-refractivity contribution in [2.24, 2.45) is 0 Å². The molecule has 1 fully saturated rings. The van der Waals surface area contributed by atoms with Crippen molar-refractivity contribution in [3.63, 3.8) is 0 Å². The lowest BCUT2D eigenvalue weighted by atomic mass is 9.97. The van der Waals surface area contributed by atoms with E-state index in [0.717, 1.165) is 48.0 Å². The van der Waals surface area contributed by atoms with Crippen LogP contribution in [0.1, 0.15) is 17.2 Å². The van der Waals surface area contributed by atoms with Crippen molar-refractivity contribution < 1.29 is 24.0 Å². The largest absolute Gasteiger partial charge is 0.478 e. The van der Waals surface area contributed by atoms with Crippen LogP contribution in [0, 0.1) is 0 Å². The number of nitrogens with zero attached hydrogens (tertiary/aromatic N) is 1. The first-order valence-corrected chi connectivity index (χ1v) is 11.3. The average molecular weight is 463 g/mol. The Kier molecular flexibility index (Phi) is 7.97. The number of carboxylic acid groups (broad SMARTS) is 2. The zero-order valence-corrected chi connectivity index (χ0v) is 18.2. The first-order chi connectivity index (χ1) is 14.9. The Bertz CT molecular complexity index is 1000. The molecule has 7 nitrogen and oxygen atoms in total. The molecule has 164 valence electrons. The van der Waals surface area contributed by atoms with Crippen LogP contribution in [0.15, 0.2) is 64.4 Å². The van der Waals surface area contributed by atoms with Crippen LogP contribution in [0.4, 0.5) is 0 Å². The lowest BCUT2D eigenvalue weighted by Crippen LogP contribution is -2.45. The molecule has 2 unspecified atom stereocenters. The number of rotatable bonds is 3. The normalized spacial score (nSPS) is 20.7. The van der Waals surface area contributed by atoms with Crippen molar-refractivity contribution >= 4 is 34.3 Å². The van der Waals surface area contributed by atoms with Crippen molar-refractivity contribution in [1.29, 1.82) is 0 Å². The quantitative estimate of drug-likeness (QED) is 0.602. The van der Waals surface area contributed by atoms with Crippen LogP contribution in [0.3, 0.4) is 0 Å².